The molecule has 4 saturated carbocycles. The van der Waals surface area contributed by atoms with E-state index in [1.165, 1.54) is 76.0 Å². The van der Waals surface area contributed by atoms with Crippen molar-refractivity contribution in [3.8, 4) is 0 Å². The van der Waals surface area contributed by atoms with Crippen LogP contribution in [-0.2, 0) is 67.0 Å². The van der Waals surface area contributed by atoms with Crippen LogP contribution >= 0.6 is 0 Å². The number of ether oxygens (including phenoxy) is 2. The van der Waals surface area contributed by atoms with Crippen LogP contribution in [0.5, 0.6) is 0 Å². The summed E-state index contributed by atoms with van der Waals surface area (Å²) < 4.78 is 115. The van der Waals surface area contributed by atoms with Crippen LogP contribution in [0.2, 0.25) is 0 Å². The Bertz CT molecular complexity index is 3310. The van der Waals surface area contributed by atoms with Gasteiger partial charge >= 0.3 is 6.18 Å². The molecule has 622 valence electrons. The molecule has 3 heterocycles. The molecular weight excluding hydrogens is 1450 g/mol. The molecule has 3 aliphatic heterocycles. The Labute approximate surface area is 643 Å². The van der Waals surface area contributed by atoms with Gasteiger partial charge in [-0.15, -0.1) is 0 Å². The molecule has 2 bridgehead atoms. The summed E-state index contributed by atoms with van der Waals surface area (Å²) in [5.74, 6) is -18.4. The van der Waals surface area contributed by atoms with Crippen molar-refractivity contribution in [3.05, 3.63) is 12.2 Å². The van der Waals surface area contributed by atoms with E-state index in [4.69, 9.17) is 9.47 Å². The number of methoxy groups -OCH3 is 1. The van der Waals surface area contributed by atoms with E-state index in [-0.39, 0.29) is 70.9 Å². The topological polar surface area (TPSA) is 289 Å². The number of fused-ring (bicyclic) bond motifs is 3. The highest BCUT2D eigenvalue weighted by Gasteiger charge is 2.60. The molecule has 12 amide bonds. The van der Waals surface area contributed by atoms with Crippen molar-refractivity contribution in [2.45, 2.75) is 280 Å². The molecule has 4 aliphatic carbocycles. The van der Waals surface area contributed by atoms with Gasteiger partial charge in [0, 0.05) is 94.8 Å². The Hall–Kier alpha value is -7.19. The number of nitrogens with zero attached hydrogens (tertiary/aromatic N) is 9. The smallest absolute Gasteiger partial charge is 0.382 e. The number of amides is 12. The summed E-state index contributed by atoms with van der Waals surface area (Å²) in [6, 6.07) is -12.2. The van der Waals surface area contributed by atoms with E-state index in [1.54, 1.807) is 53.7 Å². The molecule has 12 atom stereocenters. The number of hydrogen-bond donors (Lipinski definition) is 3. The van der Waals surface area contributed by atoms with Crippen molar-refractivity contribution < 1.29 is 97.7 Å². The molecular formula is C77H121F7N12O14. The van der Waals surface area contributed by atoms with Crippen LogP contribution in [0.4, 0.5) is 30.7 Å². The summed E-state index contributed by atoms with van der Waals surface area (Å²) in [5.41, 5.74) is -2.41. The summed E-state index contributed by atoms with van der Waals surface area (Å²) >= 11 is 0. The molecule has 7 rings (SSSR count). The van der Waals surface area contributed by atoms with Crippen molar-refractivity contribution in [2.75, 3.05) is 89.2 Å². The lowest BCUT2D eigenvalue weighted by Crippen LogP contribution is -2.71. The second kappa shape index (κ2) is 37.6. The molecule has 33 heteroatoms. The predicted octanol–water partition coefficient (Wildman–Crippen LogP) is 6.21. The number of halogens is 7. The Morgan fingerprint density at radius 2 is 1.29 bits per heavy atom. The zero-order valence-electron chi connectivity index (χ0n) is 67.1. The third kappa shape index (κ3) is 21.8. The summed E-state index contributed by atoms with van der Waals surface area (Å²) in [4.78, 5) is 193. The number of rotatable bonds is 16. The van der Waals surface area contributed by atoms with E-state index in [2.05, 4.69) is 16.0 Å². The van der Waals surface area contributed by atoms with E-state index in [0.29, 0.717) is 32.1 Å². The van der Waals surface area contributed by atoms with E-state index in [1.807, 2.05) is 13.8 Å². The fourth-order valence-corrected chi connectivity index (χ4v) is 17.4. The van der Waals surface area contributed by atoms with Gasteiger partial charge in [0.05, 0.1) is 31.8 Å². The number of carbonyl (C=O) groups is 12. The molecule has 1 spiro atoms. The molecule has 2 unspecified atom stereocenters. The molecule has 6 fully saturated rings. The minimum Gasteiger partial charge on any atom is -0.382 e. The van der Waals surface area contributed by atoms with Gasteiger partial charge in [-0.1, -0.05) is 73.0 Å². The minimum absolute atomic E-state index is 0.00460. The molecule has 2 saturated heterocycles. The van der Waals surface area contributed by atoms with Crippen molar-refractivity contribution in [2.24, 2.45) is 35.0 Å². The maximum atomic E-state index is 15.8. The first-order valence-corrected chi connectivity index (χ1v) is 39.2. The molecule has 110 heavy (non-hydrogen) atoms. The fourth-order valence-electron chi connectivity index (χ4n) is 17.4. The number of nitrogens with one attached hydrogen (secondary N) is 3. The van der Waals surface area contributed by atoms with Crippen LogP contribution < -0.4 is 16.0 Å². The van der Waals surface area contributed by atoms with Crippen molar-refractivity contribution in [3.63, 3.8) is 0 Å². The predicted molar refractivity (Wildman–Crippen MR) is 392 cm³/mol. The quantitative estimate of drug-likeness (QED) is 0.114. The zero-order chi connectivity index (χ0) is 82.1. The highest BCUT2D eigenvalue weighted by atomic mass is 19.4. The van der Waals surface area contributed by atoms with Gasteiger partial charge in [0.15, 0.2) is 0 Å². The van der Waals surface area contributed by atoms with Gasteiger partial charge < -0.3 is 69.5 Å². The van der Waals surface area contributed by atoms with E-state index >= 15 is 42.3 Å². The molecule has 26 nitrogen and oxygen atoms in total. The maximum absolute atomic E-state index is 15.8. The van der Waals surface area contributed by atoms with Crippen molar-refractivity contribution in [1.82, 2.24) is 60.0 Å². The van der Waals surface area contributed by atoms with Crippen LogP contribution in [0.15, 0.2) is 12.2 Å². The standard InChI is InChI=1S/C77H121F7N12O14/c1-17-45(6)63-71(106)95(49-25-26-49)40-61(99)90(12)54-23-21-20-22-32-94(70(54)105)57(35-46-28-30-76(80,81)31-29-46)69(104)89(11)39-59(97)85-53(27-24-47-33-51(78)62(52(79)34-47)77(82,83)84)67(102)96-38-50(110-44(4)5)36-55(96)66(101)87-75(42-74(7,8)43-75)73(108)93(15)64(48(18-2)19-3)72(107)92(14)56(68(103)88(9)10)37-60(98)91(13)58(41-109-16)65(100)86-63/h20-21,44-58,62-64H,17-19,22-43H2,1-16H3,(H,85,97)(H,86,100)(H,87,101)/b21-20-/t45-,47?,50+,51?,52?,53-,54-,55-,56-,57-,58-,62?,63-,64-/m0/s1. The van der Waals surface area contributed by atoms with Gasteiger partial charge in [-0.2, -0.15) is 13.2 Å². The molecule has 0 aromatic carbocycles. The minimum atomic E-state index is -5.22. The monoisotopic (exact) mass is 1570 g/mol. The third-order valence-corrected chi connectivity index (χ3v) is 24.0. The SMILES string of the molecule is CCC(CC)[C@H]1C(=O)N(C)[C@H](C(=O)N(C)C)CC(=O)N(C)[C@@H](COC)C(=O)N[C@@H]([C@@H](C)CC)C(=O)N(C2CC2)CC(=O)N(C)[C@H]2C/C=C\CCN(C2=O)[C@@H](CC2CCC(F)(F)CC2)C(=O)N(C)CC(=O)N[C@@H](CCC2CC(F)C(C(F)(F)F)C(F)C2)C(=O)N2C[C@H](OC(C)C)C[C@H]2C(=O)NC2(CC(C)(C)C2)C(=O)N1C. The first kappa shape index (κ1) is 90.0. The third-order valence-electron chi connectivity index (χ3n) is 24.0. The molecule has 7 aliphatic rings. The Kier molecular flexibility index (Phi) is 30.8. The van der Waals surface area contributed by atoms with Crippen LogP contribution in [0, 0.1) is 35.0 Å². The Morgan fingerprint density at radius 3 is 1.84 bits per heavy atom. The normalized spacial score (nSPS) is 31.1. The second-order valence-electron chi connectivity index (χ2n) is 33.4. The molecule has 3 N–H and O–H groups in total. The summed E-state index contributed by atoms with van der Waals surface area (Å²) in [6.45, 7) is 11.9. The number of likely N-dealkylation sites (N-methyl/N-ethyl adjacent to an activating group) is 6. The Balaban J connectivity index is 1.36. The van der Waals surface area contributed by atoms with Gasteiger partial charge in [-0.25, -0.2) is 17.6 Å². The largest absolute Gasteiger partial charge is 0.397 e. The molecule has 0 aromatic heterocycles. The van der Waals surface area contributed by atoms with Gasteiger partial charge in [0.25, 0.3) is 0 Å². The maximum Gasteiger partial charge on any atom is 0.397 e. The van der Waals surface area contributed by atoms with E-state index in [0.717, 1.165) is 24.5 Å². The first-order valence-electron chi connectivity index (χ1n) is 39.2. The van der Waals surface area contributed by atoms with Crippen LogP contribution in [0.1, 0.15) is 184 Å². The number of alkyl halides is 7. The van der Waals surface area contributed by atoms with Crippen molar-refractivity contribution >= 4 is 70.9 Å². The zero-order valence-corrected chi connectivity index (χ0v) is 67.1. The van der Waals surface area contributed by atoms with E-state index < -0.39 is 261 Å². The number of carbonyl (C=O) groups excluding carboxylic acids is 12. The molecule has 0 radical (unpaired) electrons. The molecule has 0 aromatic rings. The lowest BCUT2D eigenvalue weighted by molar-refractivity contribution is -0.219. The lowest BCUT2D eigenvalue weighted by Gasteiger charge is -2.54. The average Bonchev–Trinajstić information content (AvgIpc) is 0.896. The fraction of sp³-hybridized carbons (Fsp3) is 0.818. The average molecular weight is 1570 g/mol. The summed E-state index contributed by atoms with van der Waals surface area (Å²) in [7, 11) is 10.7. The van der Waals surface area contributed by atoms with E-state index in [9.17, 15) is 45.9 Å². The van der Waals surface area contributed by atoms with Gasteiger partial charge in [0.2, 0.25) is 76.8 Å². The highest BCUT2D eigenvalue weighted by Crippen LogP contribution is 2.50. The Morgan fingerprint density at radius 1 is 0.673 bits per heavy atom. The van der Waals surface area contributed by atoms with Gasteiger partial charge in [-0.05, 0) is 126 Å². The van der Waals surface area contributed by atoms with Gasteiger partial charge in [-0.3, -0.25) is 57.5 Å². The summed E-state index contributed by atoms with van der Waals surface area (Å²) in [5, 5.41) is 8.48. The van der Waals surface area contributed by atoms with Crippen LogP contribution in [0.25, 0.3) is 0 Å². The number of hydrogen-bond acceptors (Lipinski definition) is 14. The lowest BCUT2D eigenvalue weighted by atomic mass is 9.58. The van der Waals surface area contributed by atoms with Crippen LogP contribution in [-0.4, -0.2) is 301 Å². The highest BCUT2D eigenvalue weighted by molar-refractivity contribution is 6.01. The van der Waals surface area contributed by atoms with Crippen LogP contribution in [0.3, 0.4) is 0 Å². The first-order chi connectivity index (χ1) is 51.4. The second-order valence-corrected chi connectivity index (χ2v) is 33.4. The van der Waals surface area contributed by atoms with Gasteiger partial charge in [0.1, 0.15) is 78.7 Å². The summed E-state index contributed by atoms with van der Waals surface area (Å²) in [6.07, 6.45) is -11.1. The van der Waals surface area contributed by atoms with Crippen molar-refractivity contribution in [1.29, 1.82) is 0 Å².